The van der Waals surface area contributed by atoms with Crippen LogP contribution in [0.3, 0.4) is 0 Å². The molecule has 3 aliphatic rings. The van der Waals surface area contributed by atoms with E-state index in [1.54, 1.807) is 0 Å². The zero-order valence-electron chi connectivity index (χ0n) is 9.51. The van der Waals surface area contributed by atoms with Crippen molar-refractivity contribution < 1.29 is 4.74 Å². The molecule has 2 unspecified atom stereocenters. The van der Waals surface area contributed by atoms with Crippen LogP contribution in [0.1, 0.15) is 33.1 Å². The van der Waals surface area contributed by atoms with Gasteiger partial charge < -0.3 is 15.4 Å². The van der Waals surface area contributed by atoms with Crippen molar-refractivity contribution in [3.8, 4) is 0 Å². The molecule has 2 N–H and O–H groups in total. The monoisotopic (exact) mass is 200 g/mol. The van der Waals surface area contributed by atoms with E-state index in [-0.39, 0.29) is 0 Å². The van der Waals surface area contributed by atoms with Crippen LogP contribution < -0.4 is 10.6 Å². The molecular formula is C11H24N2O. The van der Waals surface area contributed by atoms with E-state index in [9.17, 15) is 0 Å². The van der Waals surface area contributed by atoms with Crippen molar-refractivity contribution in [3.63, 3.8) is 0 Å². The average molecular weight is 200 g/mol. The number of ether oxygens (including phenoxy) is 1. The Kier molecular flexibility index (Phi) is 6.15. The highest BCUT2D eigenvalue weighted by atomic mass is 16.5. The topological polar surface area (TPSA) is 43.2 Å². The molecule has 0 aromatic rings. The largest absolute Gasteiger partial charge is 0.379 e. The highest BCUT2D eigenvalue weighted by Crippen LogP contribution is 2.29. The Morgan fingerprint density at radius 1 is 1.00 bits per heavy atom. The first-order chi connectivity index (χ1) is 6.97. The zero-order valence-corrected chi connectivity index (χ0v) is 9.51. The van der Waals surface area contributed by atoms with Gasteiger partial charge in [-0.2, -0.15) is 0 Å². The van der Waals surface area contributed by atoms with E-state index in [4.69, 9.17) is 4.74 Å². The van der Waals surface area contributed by atoms with Crippen LogP contribution >= 0.6 is 0 Å². The molecule has 84 valence electrons. The minimum absolute atomic E-state index is 0.889. The highest BCUT2D eigenvalue weighted by Gasteiger charge is 2.39. The van der Waals surface area contributed by atoms with Crippen molar-refractivity contribution in [3.05, 3.63) is 0 Å². The molecule has 0 aromatic heterocycles. The molecule has 2 heterocycles. The summed E-state index contributed by atoms with van der Waals surface area (Å²) < 4.78 is 5.01. The standard InChI is InChI=1S/C5H9N.C4H9NO.C2H6/c1-2-4-5(3-1)6-4;1-3-6-4-2-5-1;1-2/h4-6H,1-3H2;5H,1-4H2;1-2H3. The summed E-state index contributed by atoms with van der Waals surface area (Å²) in [5.74, 6) is 0. The number of hydrogen-bond acceptors (Lipinski definition) is 3. The van der Waals surface area contributed by atoms with Gasteiger partial charge in [0.2, 0.25) is 0 Å². The second kappa shape index (κ2) is 7.21. The second-order valence-electron chi connectivity index (χ2n) is 3.67. The van der Waals surface area contributed by atoms with Crippen LogP contribution in [0.25, 0.3) is 0 Å². The SMILES string of the molecule is C1CC2NC2C1.C1COCCN1.CC. The fraction of sp³-hybridized carbons (Fsp3) is 1.00. The first kappa shape index (κ1) is 12.0. The average Bonchev–Trinajstić information content (AvgIpc) is 2.92. The predicted molar refractivity (Wildman–Crippen MR) is 59.6 cm³/mol. The van der Waals surface area contributed by atoms with Crippen LogP contribution in [0.5, 0.6) is 0 Å². The van der Waals surface area contributed by atoms with E-state index in [1.807, 2.05) is 13.8 Å². The summed E-state index contributed by atoms with van der Waals surface area (Å²) >= 11 is 0. The van der Waals surface area contributed by atoms with Crippen molar-refractivity contribution in [2.24, 2.45) is 0 Å². The van der Waals surface area contributed by atoms with Crippen LogP contribution in [0, 0.1) is 0 Å². The molecular weight excluding hydrogens is 176 g/mol. The van der Waals surface area contributed by atoms with E-state index in [2.05, 4.69) is 10.6 Å². The molecule has 1 aliphatic carbocycles. The number of piperidine rings is 1. The van der Waals surface area contributed by atoms with Crippen LogP contribution in [0.15, 0.2) is 0 Å². The van der Waals surface area contributed by atoms with Gasteiger partial charge in [0.25, 0.3) is 0 Å². The molecule has 2 atom stereocenters. The van der Waals surface area contributed by atoms with Crippen LogP contribution in [0.4, 0.5) is 0 Å². The van der Waals surface area contributed by atoms with Crippen molar-refractivity contribution in [2.75, 3.05) is 26.3 Å². The summed E-state index contributed by atoms with van der Waals surface area (Å²) in [7, 11) is 0. The minimum Gasteiger partial charge on any atom is -0.379 e. The van der Waals surface area contributed by atoms with Gasteiger partial charge in [-0.15, -0.1) is 0 Å². The van der Waals surface area contributed by atoms with E-state index < -0.39 is 0 Å². The Bertz CT molecular complexity index is 118. The van der Waals surface area contributed by atoms with Gasteiger partial charge in [0, 0.05) is 25.2 Å². The summed E-state index contributed by atoms with van der Waals surface area (Å²) in [6.45, 7) is 7.83. The molecule has 0 amide bonds. The van der Waals surface area contributed by atoms with E-state index in [0.29, 0.717) is 0 Å². The number of rotatable bonds is 0. The summed E-state index contributed by atoms with van der Waals surface area (Å²) in [6, 6.07) is 1.93. The smallest absolute Gasteiger partial charge is 0.0591 e. The maximum Gasteiger partial charge on any atom is 0.0591 e. The number of morpholine rings is 1. The Hall–Kier alpha value is -0.120. The van der Waals surface area contributed by atoms with Crippen molar-refractivity contribution in [2.45, 2.75) is 45.2 Å². The highest BCUT2D eigenvalue weighted by molar-refractivity contribution is 5.02. The molecule has 3 nitrogen and oxygen atoms in total. The molecule has 1 saturated carbocycles. The number of nitrogens with one attached hydrogen (secondary N) is 2. The van der Waals surface area contributed by atoms with Crippen molar-refractivity contribution in [1.29, 1.82) is 0 Å². The lowest BCUT2D eigenvalue weighted by molar-refractivity contribution is 0.109. The first-order valence-corrected chi connectivity index (χ1v) is 6.01. The minimum atomic E-state index is 0.889. The van der Waals surface area contributed by atoms with Gasteiger partial charge in [0.1, 0.15) is 0 Å². The summed E-state index contributed by atoms with van der Waals surface area (Å²) in [5, 5.41) is 6.53. The first-order valence-electron chi connectivity index (χ1n) is 6.01. The van der Waals surface area contributed by atoms with Crippen LogP contribution in [-0.2, 0) is 4.74 Å². The maximum atomic E-state index is 5.01. The summed E-state index contributed by atoms with van der Waals surface area (Å²) in [5.41, 5.74) is 0. The van der Waals surface area contributed by atoms with E-state index in [0.717, 1.165) is 38.4 Å². The lowest BCUT2D eigenvalue weighted by Gasteiger charge is -2.10. The van der Waals surface area contributed by atoms with Gasteiger partial charge in [-0.05, 0) is 12.8 Å². The molecule has 14 heavy (non-hydrogen) atoms. The lowest BCUT2D eigenvalue weighted by atomic mass is 10.3. The van der Waals surface area contributed by atoms with Gasteiger partial charge in [0.15, 0.2) is 0 Å². The fourth-order valence-corrected chi connectivity index (χ4v) is 1.86. The van der Waals surface area contributed by atoms with Gasteiger partial charge in [-0.25, -0.2) is 0 Å². The molecule has 0 spiro atoms. The Labute approximate surface area is 87.6 Å². The Balaban J connectivity index is 0.000000120. The summed E-state index contributed by atoms with van der Waals surface area (Å²) in [4.78, 5) is 0. The van der Waals surface area contributed by atoms with E-state index in [1.165, 1.54) is 19.3 Å². The molecule has 0 bridgehead atoms. The molecule has 0 radical (unpaired) electrons. The second-order valence-corrected chi connectivity index (χ2v) is 3.67. The molecule has 3 rings (SSSR count). The predicted octanol–water partition coefficient (Wildman–Crippen LogP) is 1.14. The number of hydrogen-bond donors (Lipinski definition) is 2. The van der Waals surface area contributed by atoms with Crippen LogP contribution in [-0.4, -0.2) is 38.4 Å². The number of fused-ring (bicyclic) bond motifs is 1. The molecule has 3 heteroatoms. The molecule has 2 saturated heterocycles. The van der Waals surface area contributed by atoms with Crippen molar-refractivity contribution in [1.82, 2.24) is 10.6 Å². The van der Waals surface area contributed by atoms with Crippen LogP contribution in [0.2, 0.25) is 0 Å². The Morgan fingerprint density at radius 2 is 1.57 bits per heavy atom. The fourth-order valence-electron chi connectivity index (χ4n) is 1.86. The van der Waals surface area contributed by atoms with Gasteiger partial charge in [-0.1, -0.05) is 20.3 Å². The molecule has 0 aromatic carbocycles. The Morgan fingerprint density at radius 3 is 1.71 bits per heavy atom. The molecule has 3 fully saturated rings. The van der Waals surface area contributed by atoms with Gasteiger partial charge in [0.05, 0.1) is 13.2 Å². The molecule has 2 aliphatic heterocycles. The normalized spacial score (nSPS) is 33.0. The third-order valence-corrected chi connectivity index (χ3v) is 2.68. The lowest BCUT2D eigenvalue weighted by Crippen LogP contribution is -2.30. The maximum absolute atomic E-state index is 5.01. The summed E-state index contributed by atoms with van der Waals surface area (Å²) in [6.07, 6.45) is 4.37. The van der Waals surface area contributed by atoms with Gasteiger partial charge in [-0.3, -0.25) is 0 Å². The van der Waals surface area contributed by atoms with Gasteiger partial charge >= 0.3 is 0 Å². The third-order valence-electron chi connectivity index (χ3n) is 2.68. The van der Waals surface area contributed by atoms with Crippen molar-refractivity contribution >= 4 is 0 Å². The van der Waals surface area contributed by atoms with E-state index >= 15 is 0 Å². The zero-order chi connectivity index (χ0) is 10.2. The third kappa shape index (κ3) is 4.40. The quantitative estimate of drug-likeness (QED) is 0.576.